The van der Waals surface area contributed by atoms with Crippen molar-refractivity contribution in [3.8, 4) is 5.75 Å². The van der Waals surface area contributed by atoms with Gasteiger partial charge in [0.2, 0.25) is 0 Å². The molecule has 2 aromatic carbocycles. The number of nitrogens with zero attached hydrogens (tertiary/aromatic N) is 2. The second-order valence-corrected chi connectivity index (χ2v) is 6.22. The van der Waals surface area contributed by atoms with Crippen LogP contribution in [0.2, 0.25) is 0 Å². The lowest BCUT2D eigenvalue weighted by Crippen LogP contribution is -2.31. The molecular formula is C21H25N3O2. The van der Waals surface area contributed by atoms with Crippen LogP contribution in [0.3, 0.4) is 0 Å². The highest BCUT2D eigenvalue weighted by Gasteiger charge is 2.10. The molecule has 0 aliphatic rings. The number of aryl methyl sites for hydroxylation is 1. The maximum Gasteiger partial charge on any atom is 0.257 e. The molecule has 0 radical (unpaired) electrons. The summed E-state index contributed by atoms with van der Waals surface area (Å²) in [6.07, 6.45) is 2.96. The fourth-order valence-electron chi connectivity index (χ4n) is 2.91. The minimum atomic E-state index is -0.120. The molecule has 1 heterocycles. The molecule has 3 rings (SSSR count). The van der Waals surface area contributed by atoms with Gasteiger partial charge in [0.25, 0.3) is 5.91 Å². The van der Waals surface area contributed by atoms with E-state index in [1.165, 1.54) is 0 Å². The minimum absolute atomic E-state index is 0.0241. The number of amides is 1. The van der Waals surface area contributed by atoms with E-state index in [0.717, 1.165) is 36.2 Å². The second-order valence-electron chi connectivity index (χ2n) is 6.22. The van der Waals surface area contributed by atoms with Crippen LogP contribution in [0.1, 0.15) is 25.6 Å². The number of imidazole rings is 1. The van der Waals surface area contributed by atoms with Crippen LogP contribution in [-0.4, -0.2) is 28.6 Å². The van der Waals surface area contributed by atoms with Crippen molar-refractivity contribution >= 4 is 16.9 Å². The van der Waals surface area contributed by atoms with E-state index in [4.69, 9.17) is 9.72 Å². The predicted octanol–water partition coefficient (Wildman–Crippen LogP) is 3.57. The highest BCUT2D eigenvalue weighted by Crippen LogP contribution is 2.17. The Morgan fingerprint density at radius 1 is 1.12 bits per heavy atom. The number of ether oxygens (including phenoxy) is 1. The van der Waals surface area contributed by atoms with Gasteiger partial charge in [-0.15, -0.1) is 0 Å². The molecule has 0 spiro atoms. The molecule has 0 saturated carbocycles. The topological polar surface area (TPSA) is 56.2 Å². The molecule has 1 amide bonds. The van der Waals surface area contributed by atoms with E-state index in [2.05, 4.69) is 22.9 Å². The van der Waals surface area contributed by atoms with Gasteiger partial charge in [-0.3, -0.25) is 4.79 Å². The van der Waals surface area contributed by atoms with Gasteiger partial charge in [0.15, 0.2) is 6.61 Å². The van der Waals surface area contributed by atoms with Gasteiger partial charge >= 0.3 is 0 Å². The summed E-state index contributed by atoms with van der Waals surface area (Å²) in [5.41, 5.74) is 2.17. The Kier molecular flexibility index (Phi) is 6.25. The lowest BCUT2D eigenvalue weighted by Gasteiger charge is -2.10. The quantitative estimate of drug-likeness (QED) is 0.641. The highest BCUT2D eigenvalue weighted by molar-refractivity contribution is 5.77. The Hall–Kier alpha value is -2.82. The van der Waals surface area contributed by atoms with Crippen LogP contribution >= 0.6 is 0 Å². The maximum absolute atomic E-state index is 12.0. The molecule has 1 aromatic heterocycles. The van der Waals surface area contributed by atoms with E-state index < -0.39 is 0 Å². The molecule has 0 atom stereocenters. The van der Waals surface area contributed by atoms with E-state index in [9.17, 15) is 4.79 Å². The Morgan fingerprint density at radius 3 is 2.69 bits per heavy atom. The van der Waals surface area contributed by atoms with Crippen LogP contribution in [0.4, 0.5) is 0 Å². The van der Waals surface area contributed by atoms with E-state index in [0.29, 0.717) is 18.7 Å². The maximum atomic E-state index is 12.0. The van der Waals surface area contributed by atoms with Crippen LogP contribution < -0.4 is 10.1 Å². The molecule has 0 saturated heterocycles. The number of benzene rings is 2. The lowest BCUT2D eigenvalue weighted by atomic mass is 10.3. The van der Waals surface area contributed by atoms with Crippen LogP contribution in [-0.2, 0) is 17.8 Å². The van der Waals surface area contributed by atoms with E-state index in [-0.39, 0.29) is 12.5 Å². The van der Waals surface area contributed by atoms with Gasteiger partial charge in [-0.25, -0.2) is 4.98 Å². The summed E-state index contributed by atoms with van der Waals surface area (Å²) < 4.78 is 7.73. The van der Waals surface area contributed by atoms with Crippen molar-refractivity contribution in [3.63, 3.8) is 0 Å². The summed E-state index contributed by atoms with van der Waals surface area (Å²) in [7, 11) is 0. The largest absolute Gasteiger partial charge is 0.484 e. The molecule has 3 aromatic rings. The van der Waals surface area contributed by atoms with Gasteiger partial charge in [-0.05, 0) is 30.7 Å². The second kappa shape index (κ2) is 9.04. The number of rotatable bonds is 9. The summed E-state index contributed by atoms with van der Waals surface area (Å²) in [5, 5.41) is 2.91. The summed E-state index contributed by atoms with van der Waals surface area (Å²) in [6.45, 7) is 3.71. The Balaban J connectivity index is 1.54. The number of hydrogen-bond acceptors (Lipinski definition) is 3. The zero-order chi connectivity index (χ0) is 18.2. The van der Waals surface area contributed by atoms with E-state index in [1.807, 2.05) is 48.5 Å². The van der Waals surface area contributed by atoms with Crippen molar-refractivity contribution in [2.24, 2.45) is 0 Å². The molecule has 0 fully saturated rings. The van der Waals surface area contributed by atoms with Crippen molar-refractivity contribution in [1.82, 2.24) is 14.9 Å². The van der Waals surface area contributed by atoms with Crippen LogP contribution in [0, 0.1) is 0 Å². The van der Waals surface area contributed by atoms with Gasteiger partial charge in [-0.2, -0.15) is 0 Å². The average molecular weight is 351 g/mol. The Labute approximate surface area is 154 Å². The zero-order valence-corrected chi connectivity index (χ0v) is 15.1. The minimum Gasteiger partial charge on any atom is -0.484 e. The number of carbonyl (C=O) groups is 1. The summed E-state index contributed by atoms with van der Waals surface area (Å²) in [5.74, 6) is 1.60. The molecule has 26 heavy (non-hydrogen) atoms. The molecule has 136 valence electrons. The first-order chi connectivity index (χ1) is 12.8. The molecule has 0 bridgehead atoms. The first kappa shape index (κ1) is 18.0. The Bertz CT molecular complexity index is 843. The number of fused-ring (bicyclic) bond motifs is 1. The van der Waals surface area contributed by atoms with Crippen molar-refractivity contribution < 1.29 is 9.53 Å². The monoisotopic (exact) mass is 351 g/mol. The number of nitrogens with one attached hydrogen (secondary N) is 1. The van der Waals surface area contributed by atoms with Gasteiger partial charge in [0.1, 0.15) is 11.6 Å². The molecule has 5 heteroatoms. The SMILES string of the molecule is CCCCn1c(CCNC(=O)COc2ccccc2)nc2ccccc21. The van der Waals surface area contributed by atoms with Crippen LogP contribution in [0.5, 0.6) is 5.75 Å². The van der Waals surface area contributed by atoms with Crippen molar-refractivity contribution in [1.29, 1.82) is 0 Å². The van der Waals surface area contributed by atoms with Crippen LogP contribution in [0.15, 0.2) is 54.6 Å². The van der Waals surface area contributed by atoms with Gasteiger partial charge in [0, 0.05) is 19.5 Å². The number of aromatic nitrogens is 2. The fraction of sp³-hybridized carbons (Fsp3) is 0.333. The standard InChI is InChI=1S/C21H25N3O2/c1-2-3-15-24-19-12-8-7-11-18(19)23-20(24)13-14-22-21(25)16-26-17-9-5-4-6-10-17/h4-12H,2-3,13-16H2,1H3,(H,22,25). The summed E-state index contributed by atoms with van der Waals surface area (Å²) in [4.78, 5) is 16.7. The van der Waals surface area contributed by atoms with Crippen molar-refractivity contribution in [3.05, 3.63) is 60.4 Å². The smallest absolute Gasteiger partial charge is 0.257 e. The molecule has 0 unspecified atom stereocenters. The van der Waals surface area contributed by atoms with Gasteiger partial charge in [0.05, 0.1) is 11.0 Å². The summed E-state index contributed by atoms with van der Waals surface area (Å²) >= 11 is 0. The molecule has 1 N–H and O–H groups in total. The number of unbranched alkanes of at least 4 members (excludes halogenated alkanes) is 1. The van der Waals surface area contributed by atoms with Crippen molar-refractivity contribution in [2.45, 2.75) is 32.7 Å². The Morgan fingerprint density at radius 2 is 1.88 bits per heavy atom. The third-order valence-electron chi connectivity index (χ3n) is 4.25. The molecular weight excluding hydrogens is 326 g/mol. The lowest BCUT2D eigenvalue weighted by molar-refractivity contribution is -0.123. The third kappa shape index (κ3) is 4.63. The number of hydrogen-bond donors (Lipinski definition) is 1. The van der Waals surface area contributed by atoms with Crippen LogP contribution in [0.25, 0.3) is 11.0 Å². The number of para-hydroxylation sites is 3. The van der Waals surface area contributed by atoms with Gasteiger partial charge < -0.3 is 14.6 Å². The highest BCUT2D eigenvalue weighted by atomic mass is 16.5. The molecule has 0 aliphatic heterocycles. The molecule has 0 aliphatic carbocycles. The van der Waals surface area contributed by atoms with Crippen molar-refractivity contribution in [2.75, 3.05) is 13.2 Å². The van der Waals surface area contributed by atoms with E-state index in [1.54, 1.807) is 0 Å². The van der Waals surface area contributed by atoms with Gasteiger partial charge in [-0.1, -0.05) is 43.7 Å². The average Bonchev–Trinajstić information content (AvgIpc) is 3.03. The summed E-state index contributed by atoms with van der Waals surface area (Å²) in [6, 6.07) is 17.5. The fourth-order valence-corrected chi connectivity index (χ4v) is 2.91. The number of carbonyl (C=O) groups excluding carboxylic acids is 1. The normalized spacial score (nSPS) is 10.8. The molecule has 5 nitrogen and oxygen atoms in total. The first-order valence-electron chi connectivity index (χ1n) is 9.16. The zero-order valence-electron chi connectivity index (χ0n) is 15.1. The third-order valence-corrected chi connectivity index (χ3v) is 4.25. The first-order valence-corrected chi connectivity index (χ1v) is 9.16. The van der Waals surface area contributed by atoms with E-state index >= 15 is 0 Å². The predicted molar refractivity (Wildman–Crippen MR) is 103 cm³/mol.